The Morgan fingerprint density at radius 2 is 2.08 bits per heavy atom. The summed E-state index contributed by atoms with van der Waals surface area (Å²) in [4.78, 5) is 19.2. The Kier molecular flexibility index (Phi) is 4.26. The van der Waals surface area contributed by atoms with Crippen LogP contribution >= 0.6 is 0 Å². The van der Waals surface area contributed by atoms with Crippen molar-refractivity contribution >= 4 is 11.7 Å². The molecule has 0 spiro atoms. The first-order valence-corrected chi connectivity index (χ1v) is 7.98. The number of benzene rings is 1. The van der Waals surface area contributed by atoms with Gasteiger partial charge in [-0.3, -0.25) is 0 Å². The van der Waals surface area contributed by atoms with Crippen molar-refractivity contribution in [1.82, 2.24) is 10.2 Å². The number of likely N-dealkylation sites (N-methyl/N-ethyl adjacent to an activating group) is 1. The van der Waals surface area contributed by atoms with E-state index in [4.69, 9.17) is 14.3 Å². The van der Waals surface area contributed by atoms with E-state index in [-0.39, 0.29) is 24.5 Å². The van der Waals surface area contributed by atoms with Gasteiger partial charge in [-0.15, -0.1) is 0 Å². The van der Waals surface area contributed by atoms with E-state index in [9.17, 15) is 4.79 Å². The lowest BCUT2D eigenvalue weighted by molar-refractivity contribution is 0.0649. The monoisotopic (exact) mass is 333 g/mol. The molecule has 7 nitrogen and oxygen atoms in total. The molecule has 0 fully saturated rings. The van der Waals surface area contributed by atoms with Crippen LogP contribution < -0.4 is 14.8 Å². The Hall–Kier alpha value is -2.44. The van der Waals surface area contributed by atoms with Gasteiger partial charge in [-0.25, -0.2) is 4.79 Å². The summed E-state index contributed by atoms with van der Waals surface area (Å²) in [7, 11) is 1.75. The van der Waals surface area contributed by atoms with Crippen LogP contribution in [0.2, 0.25) is 0 Å². The van der Waals surface area contributed by atoms with Crippen LogP contribution in [0.1, 0.15) is 32.8 Å². The molecule has 0 radical (unpaired) electrons. The molecule has 0 aliphatic carbocycles. The van der Waals surface area contributed by atoms with Crippen molar-refractivity contribution in [3.05, 3.63) is 23.8 Å². The third-order valence-corrected chi connectivity index (χ3v) is 3.74. The number of fused-ring (bicyclic) bond motifs is 1. The molecule has 0 aromatic heterocycles. The quantitative estimate of drug-likeness (QED) is 0.921. The van der Waals surface area contributed by atoms with Gasteiger partial charge in [-0.1, -0.05) is 5.16 Å². The summed E-state index contributed by atoms with van der Waals surface area (Å²) in [6, 6.07) is 5.59. The molecule has 1 atom stereocenters. The molecule has 24 heavy (non-hydrogen) atoms. The molecule has 0 saturated heterocycles. The number of nitrogens with one attached hydrogen (secondary N) is 1. The van der Waals surface area contributed by atoms with Gasteiger partial charge in [0.15, 0.2) is 17.6 Å². The first-order chi connectivity index (χ1) is 11.3. The van der Waals surface area contributed by atoms with E-state index in [0.717, 1.165) is 22.8 Å². The molecule has 0 saturated carbocycles. The van der Waals surface area contributed by atoms with E-state index in [1.807, 2.05) is 39.0 Å². The lowest BCUT2D eigenvalue weighted by Gasteiger charge is -2.26. The second-order valence-electron chi connectivity index (χ2n) is 7.10. The van der Waals surface area contributed by atoms with Crippen LogP contribution in [0.15, 0.2) is 23.4 Å². The molecule has 3 rings (SSSR count). The van der Waals surface area contributed by atoms with Gasteiger partial charge in [-0.05, 0) is 39.0 Å². The van der Waals surface area contributed by atoms with Crippen molar-refractivity contribution in [2.24, 2.45) is 5.16 Å². The molecule has 1 aromatic rings. The van der Waals surface area contributed by atoms with Gasteiger partial charge >= 0.3 is 6.03 Å². The first-order valence-electron chi connectivity index (χ1n) is 7.98. The molecule has 7 heteroatoms. The Balaban J connectivity index is 1.56. The first kappa shape index (κ1) is 16.4. The molecule has 1 N–H and O–H groups in total. The fourth-order valence-electron chi connectivity index (χ4n) is 2.58. The molecular formula is C17H23N3O4. The fraction of sp³-hybridized carbons (Fsp3) is 0.529. The Morgan fingerprint density at radius 1 is 1.33 bits per heavy atom. The van der Waals surface area contributed by atoms with Crippen molar-refractivity contribution in [2.75, 3.05) is 20.4 Å². The molecule has 0 bridgehead atoms. The number of hydrogen-bond acceptors (Lipinski definition) is 5. The molecule has 2 amide bonds. The van der Waals surface area contributed by atoms with E-state index >= 15 is 0 Å². The number of carbonyl (C=O) groups excluding carboxylic acids is 1. The number of oxime groups is 1. The number of hydrogen-bond donors (Lipinski definition) is 1. The van der Waals surface area contributed by atoms with Crippen molar-refractivity contribution < 1.29 is 19.1 Å². The minimum Gasteiger partial charge on any atom is -0.454 e. The number of ether oxygens (including phenoxy) is 2. The molecule has 130 valence electrons. The molecule has 1 unspecified atom stereocenters. The van der Waals surface area contributed by atoms with E-state index < -0.39 is 0 Å². The lowest BCUT2D eigenvalue weighted by atomic mass is 10.0. The summed E-state index contributed by atoms with van der Waals surface area (Å²) in [5, 5.41) is 7.09. The normalized spacial score (nSPS) is 18.8. The van der Waals surface area contributed by atoms with Gasteiger partial charge in [0.05, 0.1) is 12.3 Å². The third kappa shape index (κ3) is 3.72. The molecule has 1 aromatic carbocycles. The summed E-state index contributed by atoms with van der Waals surface area (Å²) >= 11 is 0. The van der Waals surface area contributed by atoms with E-state index in [1.165, 1.54) is 0 Å². The van der Waals surface area contributed by atoms with Crippen LogP contribution in [0.5, 0.6) is 11.5 Å². The van der Waals surface area contributed by atoms with Gasteiger partial charge in [0.1, 0.15) is 0 Å². The second-order valence-corrected chi connectivity index (χ2v) is 7.10. The van der Waals surface area contributed by atoms with Crippen molar-refractivity contribution in [3.63, 3.8) is 0 Å². The molecular weight excluding hydrogens is 310 g/mol. The fourth-order valence-corrected chi connectivity index (χ4v) is 2.58. The Bertz CT molecular complexity index is 666. The predicted octanol–water partition coefficient (Wildman–Crippen LogP) is 2.35. The zero-order valence-electron chi connectivity index (χ0n) is 14.5. The van der Waals surface area contributed by atoms with Crippen LogP contribution in [0.25, 0.3) is 0 Å². The van der Waals surface area contributed by atoms with Crippen molar-refractivity contribution in [3.8, 4) is 11.5 Å². The topological polar surface area (TPSA) is 72.4 Å². The van der Waals surface area contributed by atoms with Crippen molar-refractivity contribution in [1.29, 1.82) is 0 Å². The van der Waals surface area contributed by atoms with E-state index in [1.54, 1.807) is 11.9 Å². The minimum atomic E-state index is -0.268. The highest BCUT2D eigenvalue weighted by Gasteiger charge is 2.27. The summed E-state index contributed by atoms with van der Waals surface area (Å²) < 4.78 is 10.7. The summed E-state index contributed by atoms with van der Waals surface area (Å²) in [6.45, 7) is 6.57. The van der Waals surface area contributed by atoms with Gasteiger partial charge in [0, 0.05) is 24.6 Å². The van der Waals surface area contributed by atoms with Crippen molar-refractivity contribution in [2.45, 2.75) is 38.8 Å². The summed E-state index contributed by atoms with van der Waals surface area (Å²) in [5.74, 6) is 1.47. The Morgan fingerprint density at radius 3 is 2.83 bits per heavy atom. The van der Waals surface area contributed by atoms with Gasteiger partial charge in [-0.2, -0.15) is 0 Å². The number of amides is 2. The minimum absolute atomic E-state index is 0.123. The van der Waals surface area contributed by atoms with Gasteiger partial charge in [0.25, 0.3) is 0 Å². The molecule has 2 aliphatic rings. The van der Waals surface area contributed by atoms with Gasteiger partial charge in [0.2, 0.25) is 6.79 Å². The van der Waals surface area contributed by atoms with Crippen LogP contribution in [0.3, 0.4) is 0 Å². The molecule has 2 aliphatic heterocycles. The number of nitrogens with zero attached hydrogens (tertiary/aromatic N) is 2. The average Bonchev–Trinajstić information content (AvgIpc) is 3.13. The highest BCUT2D eigenvalue weighted by molar-refractivity contribution is 6.01. The maximum atomic E-state index is 12.1. The average molecular weight is 333 g/mol. The summed E-state index contributed by atoms with van der Waals surface area (Å²) in [6.07, 6.45) is 0.494. The van der Waals surface area contributed by atoms with Crippen LogP contribution in [0.4, 0.5) is 4.79 Å². The predicted molar refractivity (Wildman–Crippen MR) is 89.5 cm³/mol. The summed E-state index contributed by atoms with van der Waals surface area (Å²) in [5.41, 5.74) is 1.53. The lowest BCUT2D eigenvalue weighted by Crippen LogP contribution is -2.48. The third-order valence-electron chi connectivity index (χ3n) is 3.74. The largest absolute Gasteiger partial charge is 0.454 e. The maximum Gasteiger partial charge on any atom is 0.317 e. The number of rotatable bonds is 3. The van der Waals surface area contributed by atoms with Gasteiger partial charge < -0.3 is 24.5 Å². The zero-order chi connectivity index (χ0) is 17.3. The second kappa shape index (κ2) is 6.22. The zero-order valence-corrected chi connectivity index (χ0v) is 14.5. The van der Waals surface area contributed by atoms with E-state index in [0.29, 0.717) is 13.0 Å². The SMILES string of the molecule is CN(CC1CC(c2ccc3c(c2)OCO3)=NO1)C(=O)NC(C)(C)C. The standard InChI is InChI=1S/C17H23N3O4/c1-17(2,3)18-16(21)20(4)9-12-8-13(19-24-12)11-5-6-14-15(7-11)23-10-22-14/h5-7,12H,8-10H2,1-4H3,(H,18,21). The number of carbonyl (C=O) groups is 1. The highest BCUT2D eigenvalue weighted by atomic mass is 16.7. The van der Waals surface area contributed by atoms with Crippen LogP contribution in [-0.4, -0.2) is 48.7 Å². The number of urea groups is 1. The maximum absolute atomic E-state index is 12.1. The van der Waals surface area contributed by atoms with Crippen LogP contribution in [-0.2, 0) is 4.84 Å². The molecule has 2 heterocycles. The van der Waals surface area contributed by atoms with E-state index in [2.05, 4.69) is 10.5 Å². The highest BCUT2D eigenvalue weighted by Crippen LogP contribution is 2.33. The smallest absolute Gasteiger partial charge is 0.317 e. The van der Waals surface area contributed by atoms with Crippen LogP contribution in [0, 0.1) is 0 Å². The Labute approximate surface area is 141 Å².